The number of nitrogens with zero attached hydrogens (tertiary/aromatic N) is 3. The highest BCUT2D eigenvalue weighted by Crippen LogP contribution is 2.35. The normalized spacial score (nSPS) is 20.0. The van der Waals surface area contributed by atoms with E-state index in [1.54, 1.807) is 20.4 Å². The van der Waals surface area contributed by atoms with Crippen LogP contribution >= 0.6 is 11.8 Å². The van der Waals surface area contributed by atoms with Crippen LogP contribution in [-0.4, -0.2) is 79.5 Å². The molecule has 2 rings (SSSR count). The quantitative estimate of drug-likeness (QED) is 0.498. The lowest BCUT2D eigenvalue weighted by atomic mass is 9.96. The molecule has 0 saturated carbocycles. The number of imide groups is 1. The molecule has 0 aliphatic carbocycles. The number of nitrogens with one attached hydrogen (secondary N) is 1. The van der Waals surface area contributed by atoms with Crippen molar-refractivity contribution in [2.24, 2.45) is 10.9 Å². The van der Waals surface area contributed by atoms with Crippen LogP contribution in [-0.2, 0) is 14.3 Å². The van der Waals surface area contributed by atoms with E-state index in [9.17, 15) is 14.4 Å². The van der Waals surface area contributed by atoms with Gasteiger partial charge in [0.2, 0.25) is 5.91 Å². The fourth-order valence-corrected chi connectivity index (χ4v) is 3.92. The van der Waals surface area contributed by atoms with E-state index in [-0.39, 0.29) is 17.6 Å². The van der Waals surface area contributed by atoms with E-state index in [1.807, 2.05) is 6.92 Å². The SMILES string of the molecule is CCCC1=C(SCC(=O)NCCOC)C2C(=O)N(C)C(=O)[N+](C)=C2N=C1. The molecular formula is C17H25N4O4S+. The number of aliphatic imine (C=N–C) groups is 1. The Kier molecular flexibility index (Phi) is 7.10. The van der Waals surface area contributed by atoms with Crippen molar-refractivity contribution < 1.29 is 23.7 Å². The molecule has 4 amide bonds. The summed E-state index contributed by atoms with van der Waals surface area (Å²) in [4.78, 5) is 43.2. The van der Waals surface area contributed by atoms with E-state index in [0.717, 1.165) is 28.2 Å². The minimum absolute atomic E-state index is 0.125. The fraction of sp³-hybridized carbons (Fsp3) is 0.588. The number of amides is 4. The molecule has 1 atom stereocenters. The van der Waals surface area contributed by atoms with Gasteiger partial charge >= 0.3 is 11.9 Å². The molecule has 2 aliphatic heterocycles. The van der Waals surface area contributed by atoms with Crippen molar-refractivity contribution in [1.29, 1.82) is 0 Å². The number of urea groups is 1. The van der Waals surface area contributed by atoms with Crippen LogP contribution in [0.2, 0.25) is 0 Å². The van der Waals surface area contributed by atoms with Gasteiger partial charge < -0.3 is 10.1 Å². The summed E-state index contributed by atoms with van der Waals surface area (Å²) in [5, 5.41) is 2.77. The summed E-state index contributed by atoms with van der Waals surface area (Å²) in [5.41, 5.74) is 0.945. The topological polar surface area (TPSA) is 91.1 Å². The van der Waals surface area contributed by atoms with Gasteiger partial charge in [0.1, 0.15) is 6.21 Å². The van der Waals surface area contributed by atoms with E-state index in [4.69, 9.17) is 4.74 Å². The van der Waals surface area contributed by atoms with Crippen LogP contribution in [0, 0.1) is 5.92 Å². The Morgan fingerprint density at radius 3 is 2.85 bits per heavy atom. The maximum atomic E-state index is 12.8. The second-order valence-corrected chi connectivity index (χ2v) is 7.08. The van der Waals surface area contributed by atoms with Crippen molar-refractivity contribution in [1.82, 2.24) is 10.2 Å². The van der Waals surface area contributed by atoms with Gasteiger partial charge in [-0.3, -0.25) is 9.59 Å². The van der Waals surface area contributed by atoms with Crippen molar-refractivity contribution in [2.75, 3.05) is 40.1 Å². The smallest absolute Gasteiger partial charge is 0.383 e. The van der Waals surface area contributed by atoms with Crippen molar-refractivity contribution in [3.8, 4) is 0 Å². The first-order valence-corrected chi connectivity index (χ1v) is 9.48. The Balaban J connectivity index is 2.26. The van der Waals surface area contributed by atoms with E-state index >= 15 is 0 Å². The highest BCUT2D eigenvalue weighted by molar-refractivity contribution is 8.03. The van der Waals surface area contributed by atoms with Gasteiger partial charge in [-0.05, 0) is 12.0 Å². The Hall–Kier alpha value is -2.00. The number of thioether (sulfide) groups is 1. The number of hydrogen-bond donors (Lipinski definition) is 1. The first-order valence-electron chi connectivity index (χ1n) is 8.50. The summed E-state index contributed by atoms with van der Waals surface area (Å²) in [7, 11) is 4.65. The lowest BCUT2D eigenvalue weighted by Gasteiger charge is -2.28. The number of dihydropyridines is 1. The molecule has 1 N–H and O–H groups in total. The van der Waals surface area contributed by atoms with Gasteiger partial charge in [-0.2, -0.15) is 9.48 Å². The number of carbonyl (C=O) groups excluding carboxylic acids is 3. The molecule has 0 saturated heterocycles. The zero-order valence-electron chi connectivity index (χ0n) is 15.6. The number of allylic oxidation sites excluding steroid dienone is 1. The third-order valence-electron chi connectivity index (χ3n) is 4.19. The molecular weight excluding hydrogens is 356 g/mol. The average Bonchev–Trinajstić information content (AvgIpc) is 2.63. The highest BCUT2D eigenvalue weighted by Gasteiger charge is 2.48. The molecule has 9 heteroatoms. The highest BCUT2D eigenvalue weighted by atomic mass is 32.2. The van der Waals surface area contributed by atoms with Crippen molar-refractivity contribution in [3.05, 3.63) is 10.5 Å². The number of fused-ring (bicyclic) bond motifs is 1. The second-order valence-electron chi connectivity index (χ2n) is 6.06. The summed E-state index contributed by atoms with van der Waals surface area (Å²) in [6.07, 6.45) is 3.37. The predicted octanol–water partition coefficient (Wildman–Crippen LogP) is 0.870. The molecule has 0 aromatic heterocycles. The predicted molar refractivity (Wildman–Crippen MR) is 101 cm³/mol. The van der Waals surface area contributed by atoms with Gasteiger partial charge in [0.25, 0.3) is 5.84 Å². The van der Waals surface area contributed by atoms with Gasteiger partial charge in [-0.25, -0.2) is 4.79 Å². The molecule has 26 heavy (non-hydrogen) atoms. The lowest BCUT2D eigenvalue weighted by molar-refractivity contribution is -0.407. The summed E-state index contributed by atoms with van der Waals surface area (Å²) < 4.78 is 6.31. The molecule has 0 bridgehead atoms. The maximum absolute atomic E-state index is 12.8. The second kappa shape index (κ2) is 9.09. The Morgan fingerprint density at radius 1 is 1.46 bits per heavy atom. The average molecular weight is 381 g/mol. The zero-order valence-corrected chi connectivity index (χ0v) is 16.4. The molecule has 8 nitrogen and oxygen atoms in total. The van der Waals surface area contributed by atoms with Crippen LogP contribution in [0.1, 0.15) is 19.8 Å². The summed E-state index contributed by atoms with van der Waals surface area (Å²) in [6.45, 7) is 2.94. The van der Waals surface area contributed by atoms with E-state index < -0.39 is 11.9 Å². The van der Waals surface area contributed by atoms with E-state index in [2.05, 4.69) is 10.3 Å². The number of hydrogen-bond acceptors (Lipinski definition) is 6. The minimum Gasteiger partial charge on any atom is -0.383 e. The Bertz CT molecular complexity index is 699. The number of carbonyl (C=O) groups is 3. The maximum Gasteiger partial charge on any atom is 0.445 e. The number of rotatable bonds is 8. The first-order chi connectivity index (χ1) is 12.4. The van der Waals surface area contributed by atoms with Gasteiger partial charge in [-0.15, -0.1) is 16.8 Å². The van der Waals surface area contributed by atoms with Crippen LogP contribution in [0.25, 0.3) is 0 Å². The minimum atomic E-state index is -0.633. The Morgan fingerprint density at radius 2 is 2.19 bits per heavy atom. The standard InChI is InChI=1S/C17H24N4O4S/c1-5-6-11-9-19-15-13(16(23)21(3)17(24)20(15)2)14(11)26-10-12(22)18-7-8-25-4/h9,13H,5-8,10H2,1-4H3/p+1. The fourth-order valence-electron chi connectivity index (χ4n) is 2.82. The number of methoxy groups -OCH3 is 1. The van der Waals surface area contributed by atoms with E-state index in [0.29, 0.717) is 19.0 Å². The molecule has 142 valence electrons. The van der Waals surface area contributed by atoms with E-state index in [1.165, 1.54) is 23.4 Å². The summed E-state index contributed by atoms with van der Waals surface area (Å²) in [6, 6.07) is -0.404. The van der Waals surface area contributed by atoms with Crippen molar-refractivity contribution in [2.45, 2.75) is 19.8 Å². The van der Waals surface area contributed by atoms with Crippen LogP contribution in [0.5, 0.6) is 0 Å². The molecule has 2 heterocycles. The first kappa shape index (κ1) is 20.3. The van der Waals surface area contributed by atoms with Crippen molar-refractivity contribution >= 4 is 41.7 Å². The van der Waals surface area contributed by atoms with Gasteiger partial charge in [0.05, 0.1) is 26.5 Å². The molecule has 0 aromatic carbocycles. The van der Waals surface area contributed by atoms with Gasteiger partial charge in [-0.1, -0.05) is 13.3 Å². The third kappa shape index (κ3) is 4.21. The van der Waals surface area contributed by atoms with Gasteiger partial charge in [0, 0.05) is 18.6 Å². The molecule has 1 unspecified atom stereocenters. The van der Waals surface area contributed by atoms with Crippen LogP contribution in [0.4, 0.5) is 4.79 Å². The molecule has 0 fully saturated rings. The summed E-state index contributed by atoms with van der Waals surface area (Å²) in [5.74, 6) is -0.457. The van der Waals surface area contributed by atoms with Crippen LogP contribution in [0.3, 0.4) is 0 Å². The number of amidine groups is 1. The third-order valence-corrected chi connectivity index (χ3v) is 5.41. The molecule has 0 aromatic rings. The van der Waals surface area contributed by atoms with Crippen LogP contribution < -0.4 is 5.32 Å². The monoisotopic (exact) mass is 381 g/mol. The molecule has 0 spiro atoms. The van der Waals surface area contributed by atoms with Gasteiger partial charge in [0.15, 0.2) is 5.92 Å². The summed E-state index contributed by atoms with van der Waals surface area (Å²) >= 11 is 1.34. The van der Waals surface area contributed by atoms with Crippen molar-refractivity contribution in [3.63, 3.8) is 0 Å². The number of ether oxygens (including phenoxy) is 1. The largest absolute Gasteiger partial charge is 0.445 e. The lowest BCUT2D eigenvalue weighted by Crippen LogP contribution is -2.52. The zero-order chi connectivity index (χ0) is 19.3. The Labute approximate surface area is 157 Å². The van der Waals surface area contributed by atoms with Crippen LogP contribution in [0.15, 0.2) is 15.5 Å². The molecule has 0 radical (unpaired) electrons. The molecule has 2 aliphatic rings.